The van der Waals surface area contributed by atoms with E-state index in [0.29, 0.717) is 35.1 Å². The molecule has 2 aromatic carbocycles. The highest BCUT2D eigenvalue weighted by atomic mass is 35.5. The minimum Gasteiger partial charge on any atom is -0.507 e. The molecule has 0 aromatic heterocycles. The van der Waals surface area contributed by atoms with E-state index in [9.17, 15) is 24.4 Å². The summed E-state index contributed by atoms with van der Waals surface area (Å²) < 4.78 is 19.3. The number of hydrogen-bond donors (Lipinski definition) is 1. The SMILES string of the molecule is Cc1cc(-c2ccc(F)c([N+](=O)[O-])c2)c(Cl)cc1C1=C(O)C2(CCCCC2)OC1=O. The Labute approximate surface area is 177 Å². The van der Waals surface area contributed by atoms with Crippen molar-refractivity contribution in [2.24, 2.45) is 0 Å². The lowest BCUT2D eigenvalue weighted by atomic mass is 9.82. The summed E-state index contributed by atoms with van der Waals surface area (Å²) in [6.45, 7) is 1.74. The molecule has 1 fully saturated rings. The number of aliphatic hydroxyl groups excluding tert-OH is 1. The summed E-state index contributed by atoms with van der Waals surface area (Å²) >= 11 is 6.44. The van der Waals surface area contributed by atoms with Gasteiger partial charge in [-0.3, -0.25) is 10.1 Å². The number of halogens is 2. The summed E-state index contributed by atoms with van der Waals surface area (Å²) in [5.41, 5.74) is 0.411. The van der Waals surface area contributed by atoms with Crippen LogP contribution >= 0.6 is 11.6 Å². The molecule has 1 N–H and O–H groups in total. The van der Waals surface area contributed by atoms with Crippen molar-refractivity contribution in [3.8, 4) is 11.1 Å². The van der Waals surface area contributed by atoms with E-state index >= 15 is 0 Å². The molecule has 1 spiro atoms. The maximum atomic E-state index is 13.7. The van der Waals surface area contributed by atoms with Gasteiger partial charge < -0.3 is 9.84 Å². The molecule has 1 saturated carbocycles. The second-order valence-electron chi connectivity index (χ2n) is 7.74. The van der Waals surface area contributed by atoms with Crippen molar-refractivity contribution in [2.75, 3.05) is 0 Å². The van der Waals surface area contributed by atoms with Crippen LogP contribution in [-0.4, -0.2) is 21.6 Å². The zero-order valence-electron chi connectivity index (χ0n) is 16.2. The number of carbonyl (C=O) groups is 1. The quantitative estimate of drug-likeness (QED) is 0.371. The molecule has 2 aliphatic rings. The smallest absolute Gasteiger partial charge is 0.343 e. The van der Waals surface area contributed by atoms with Crippen LogP contribution in [0.2, 0.25) is 5.02 Å². The molecule has 8 heteroatoms. The molecule has 0 radical (unpaired) electrons. The second-order valence-corrected chi connectivity index (χ2v) is 8.15. The molecule has 0 bridgehead atoms. The van der Waals surface area contributed by atoms with Gasteiger partial charge in [-0.15, -0.1) is 0 Å². The summed E-state index contributed by atoms with van der Waals surface area (Å²) in [7, 11) is 0. The monoisotopic (exact) mass is 431 g/mol. The molecule has 1 heterocycles. The van der Waals surface area contributed by atoms with E-state index in [2.05, 4.69) is 0 Å². The number of nitrogens with zero attached hydrogens (tertiary/aromatic N) is 1. The first-order valence-electron chi connectivity index (χ1n) is 9.65. The van der Waals surface area contributed by atoms with Crippen molar-refractivity contribution in [2.45, 2.75) is 44.6 Å². The van der Waals surface area contributed by atoms with Gasteiger partial charge in [0.25, 0.3) is 0 Å². The van der Waals surface area contributed by atoms with Crippen LogP contribution in [0.4, 0.5) is 10.1 Å². The van der Waals surface area contributed by atoms with Crippen LogP contribution in [0.25, 0.3) is 16.7 Å². The molecule has 4 rings (SSSR count). The lowest BCUT2D eigenvalue weighted by molar-refractivity contribution is -0.387. The van der Waals surface area contributed by atoms with Crippen LogP contribution in [-0.2, 0) is 9.53 Å². The summed E-state index contributed by atoms with van der Waals surface area (Å²) in [4.78, 5) is 22.9. The number of hydrogen-bond acceptors (Lipinski definition) is 5. The molecular weight excluding hydrogens is 413 g/mol. The normalized spacial score (nSPS) is 18.0. The van der Waals surface area contributed by atoms with Crippen LogP contribution in [0.1, 0.15) is 43.2 Å². The van der Waals surface area contributed by atoms with Crippen LogP contribution in [0.3, 0.4) is 0 Å². The number of ether oxygens (including phenoxy) is 1. The Bertz CT molecular complexity index is 1100. The van der Waals surface area contributed by atoms with Gasteiger partial charge in [0.2, 0.25) is 5.82 Å². The minimum atomic E-state index is -0.959. The molecule has 2 aromatic rings. The topological polar surface area (TPSA) is 89.7 Å². The molecule has 156 valence electrons. The third kappa shape index (κ3) is 3.23. The largest absolute Gasteiger partial charge is 0.507 e. The summed E-state index contributed by atoms with van der Waals surface area (Å²) in [5, 5.41) is 22.2. The fourth-order valence-electron chi connectivity index (χ4n) is 4.29. The van der Waals surface area contributed by atoms with Gasteiger partial charge in [0, 0.05) is 16.7 Å². The Morgan fingerprint density at radius 2 is 1.87 bits per heavy atom. The van der Waals surface area contributed by atoms with Gasteiger partial charge in [-0.25, -0.2) is 4.79 Å². The molecule has 0 amide bonds. The summed E-state index contributed by atoms with van der Waals surface area (Å²) in [6.07, 6.45) is 3.93. The molecule has 1 aliphatic heterocycles. The number of nitro benzene ring substituents is 1. The van der Waals surface area contributed by atoms with Crippen LogP contribution < -0.4 is 0 Å². The van der Waals surface area contributed by atoms with Crippen molar-refractivity contribution >= 4 is 28.8 Å². The zero-order valence-corrected chi connectivity index (χ0v) is 17.0. The first kappa shape index (κ1) is 20.3. The predicted molar refractivity (Wildman–Crippen MR) is 110 cm³/mol. The Balaban J connectivity index is 1.80. The maximum absolute atomic E-state index is 13.7. The second kappa shape index (κ2) is 7.40. The predicted octanol–water partition coefficient (Wildman–Crippen LogP) is 5.89. The van der Waals surface area contributed by atoms with E-state index in [1.807, 2.05) is 0 Å². The lowest BCUT2D eigenvalue weighted by Crippen LogP contribution is -2.34. The Hall–Kier alpha value is -2.93. The average Bonchev–Trinajstić information content (AvgIpc) is 2.93. The molecule has 0 atom stereocenters. The van der Waals surface area contributed by atoms with Crippen molar-refractivity contribution in [1.29, 1.82) is 0 Å². The number of nitro groups is 1. The lowest BCUT2D eigenvalue weighted by Gasteiger charge is -2.31. The third-order valence-electron chi connectivity index (χ3n) is 5.86. The van der Waals surface area contributed by atoms with Gasteiger partial charge >= 0.3 is 11.7 Å². The molecule has 0 unspecified atom stereocenters. The van der Waals surface area contributed by atoms with Crippen molar-refractivity contribution in [1.82, 2.24) is 0 Å². The van der Waals surface area contributed by atoms with Crippen LogP contribution in [0, 0.1) is 22.9 Å². The molecule has 0 saturated heterocycles. The number of aliphatic hydroxyl groups is 1. The van der Waals surface area contributed by atoms with Crippen molar-refractivity contribution in [3.63, 3.8) is 0 Å². The van der Waals surface area contributed by atoms with Gasteiger partial charge in [-0.2, -0.15) is 4.39 Å². The molecule has 1 aliphatic carbocycles. The fraction of sp³-hybridized carbons (Fsp3) is 0.318. The van der Waals surface area contributed by atoms with E-state index in [0.717, 1.165) is 31.4 Å². The molecular formula is C22H19ClFNO5. The van der Waals surface area contributed by atoms with Crippen molar-refractivity contribution in [3.05, 3.63) is 68.2 Å². The number of benzene rings is 2. The van der Waals surface area contributed by atoms with Gasteiger partial charge in [-0.1, -0.05) is 24.1 Å². The van der Waals surface area contributed by atoms with Crippen LogP contribution in [0.5, 0.6) is 0 Å². The maximum Gasteiger partial charge on any atom is 0.343 e. The fourth-order valence-corrected chi connectivity index (χ4v) is 4.57. The minimum absolute atomic E-state index is 0.0588. The van der Waals surface area contributed by atoms with E-state index in [1.54, 1.807) is 13.0 Å². The van der Waals surface area contributed by atoms with Gasteiger partial charge in [0.1, 0.15) is 5.57 Å². The van der Waals surface area contributed by atoms with E-state index in [1.165, 1.54) is 12.1 Å². The first-order valence-corrected chi connectivity index (χ1v) is 10.0. The summed E-state index contributed by atoms with van der Waals surface area (Å²) in [5.74, 6) is -1.58. The zero-order chi connectivity index (χ0) is 21.6. The number of carbonyl (C=O) groups excluding carboxylic acids is 1. The Morgan fingerprint density at radius 3 is 2.53 bits per heavy atom. The van der Waals surface area contributed by atoms with Gasteiger partial charge in [-0.05, 0) is 67.5 Å². The Morgan fingerprint density at radius 1 is 1.17 bits per heavy atom. The van der Waals surface area contributed by atoms with E-state index < -0.39 is 28.0 Å². The molecule has 30 heavy (non-hydrogen) atoms. The standard InChI is InChI=1S/C22H19ClFNO5/c1-12-9-15(13-5-6-17(24)18(10-13)25(28)29)16(23)11-14(12)19-20(26)22(30-21(19)27)7-3-2-4-8-22/h5-6,9-11,26H,2-4,7-8H2,1H3. The Kier molecular flexibility index (Phi) is 5.02. The van der Waals surface area contributed by atoms with Gasteiger partial charge in [0.15, 0.2) is 11.4 Å². The van der Waals surface area contributed by atoms with Crippen LogP contribution in [0.15, 0.2) is 36.1 Å². The first-order chi connectivity index (χ1) is 14.2. The average molecular weight is 432 g/mol. The van der Waals surface area contributed by atoms with E-state index in [-0.39, 0.29) is 16.4 Å². The van der Waals surface area contributed by atoms with Gasteiger partial charge in [0.05, 0.1) is 4.92 Å². The number of rotatable bonds is 3. The van der Waals surface area contributed by atoms with Crippen molar-refractivity contribution < 1.29 is 24.0 Å². The third-order valence-corrected chi connectivity index (χ3v) is 6.17. The number of aryl methyl sites for hydroxylation is 1. The summed E-state index contributed by atoms with van der Waals surface area (Å²) in [6, 6.07) is 6.74. The highest BCUT2D eigenvalue weighted by Gasteiger charge is 2.49. The number of esters is 1. The highest BCUT2D eigenvalue weighted by molar-refractivity contribution is 6.34. The molecule has 6 nitrogen and oxygen atoms in total. The highest BCUT2D eigenvalue weighted by Crippen LogP contribution is 2.46. The van der Waals surface area contributed by atoms with E-state index in [4.69, 9.17) is 16.3 Å².